The number of benzene rings is 2. The predicted molar refractivity (Wildman–Crippen MR) is 142 cm³/mol. The summed E-state index contributed by atoms with van der Waals surface area (Å²) in [7, 11) is 0. The second-order valence-electron chi connectivity index (χ2n) is 7.96. The van der Waals surface area contributed by atoms with Crippen LogP contribution in [0, 0.1) is 13.8 Å². The van der Waals surface area contributed by atoms with E-state index in [1.54, 1.807) is 44.2 Å². The largest absolute Gasteiger partial charge is 0.466 e. The van der Waals surface area contributed by atoms with E-state index in [0.717, 1.165) is 11.1 Å². The molecule has 2 aromatic carbocycles. The maximum Gasteiger partial charge on any atom is 0.411 e. The number of aliphatic imine (C=N–C) groups is 1. The molecule has 194 valence electrons. The molecule has 1 heterocycles. The molecule has 0 unspecified atom stereocenters. The van der Waals surface area contributed by atoms with E-state index in [1.165, 1.54) is 6.26 Å². The van der Waals surface area contributed by atoms with Crippen LogP contribution in [0.1, 0.15) is 40.6 Å². The average Bonchev–Trinajstić information content (AvgIpc) is 3.25. The molecule has 0 radical (unpaired) electrons. The Bertz CT molecular complexity index is 1290. The fourth-order valence-electron chi connectivity index (χ4n) is 3.42. The van der Waals surface area contributed by atoms with Crippen LogP contribution in [0.2, 0.25) is 5.02 Å². The molecule has 11 heteroatoms. The van der Waals surface area contributed by atoms with Crippen LogP contribution in [0.4, 0.5) is 10.5 Å². The first-order chi connectivity index (χ1) is 17.7. The van der Waals surface area contributed by atoms with Crippen LogP contribution < -0.4 is 21.1 Å². The Kier molecular flexibility index (Phi) is 9.28. The van der Waals surface area contributed by atoms with Gasteiger partial charge in [0, 0.05) is 5.56 Å². The summed E-state index contributed by atoms with van der Waals surface area (Å²) in [5.74, 6) is 0.317. The standard InChI is InChI=1S/C26H28ClN5O5/c1-5-11-36-26(34)30-22-15(3)12-17(13-20(22)27)14-29-25(28)31-24(33)21-16(4)37-32-23(21)18-7-9-19(10-8-18)35-6-2/h6-10,12-13H,2,5,11,14H2,1,3-4H3,(H,30,34)(H3,28,29,31,33). The number of guanidine groups is 1. The molecule has 0 aliphatic rings. The Morgan fingerprint density at radius 2 is 1.97 bits per heavy atom. The molecule has 0 aliphatic carbocycles. The quantitative estimate of drug-likeness (QED) is 0.194. The zero-order valence-corrected chi connectivity index (χ0v) is 21.5. The minimum Gasteiger partial charge on any atom is -0.466 e. The molecule has 3 aromatic rings. The van der Waals surface area contributed by atoms with E-state index in [-0.39, 0.29) is 18.1 Å². The summed E-state index contributed by atoms with van der Waals surface area (Å²) in [5.41, 5.74) is 9.14. The lowest BCUT2D eigenvalue weighted by Gasteiger charge is -2.12. The highest BCUT2D eigenvalue weighted by molar-refractivity contribution is 6.34. The van der Waals surface area contributed by atoms with Gasteiger partial charge in [0.25, 0.3) is 5.91 Å². The summed E-state index contributed by atoms with van der Waals surface area (Å²) in [6.07, 6.45) is 1.46. The minimum atomic E-state index is -0.575. The smallest absolute Gasteiger partial charge is 0.411 e. The van der Waals surface area contributed by atoms with Crippen molar-refractivity contribution in [3.05, 3.63) is 76.7 Å². The number of aromatic nitrogens is 1. The van der Waals surface area contributed by atoms with Gasteiger partial charge in [-0.05, 0) is 61.7 Å². The molecule has 1 aromatic heterocycles. The van der Waals surface area contributed by atoms with Crippen LogP contribution >= 0.6 is 11.6 Å². The highest BCUT2D eigenvalue weighted by atomic mass is 35.5. The summed E-state index contributed by atoms with van der Waals surface area (Å²) < 4.78 is 15.5. The summed E-state index contributed by atoms with van der Waals surface area (Å²) in [6, 6.07) is 10.4. The minimum absolute atomic E-state index is 0.0922. The molecule has 0 aliphatic heterocycles. The highest BCUT2D eigenvalue weighted by Gasteiger charge is 2.22. The first-order valence-electron chi connectivity index (χ1n) is 11.4. The fraction of sp³-hybridized carbons (Fsp3) is 0.231. The number of hydrogen-bond donors (Lipinski definition) is 3. The van der Waals surface area contributed by atoms with Crippen LogP contribution in [0.15, 0.2) is 58.8 Å². The number of carbonyl (C=O) groups is 2. The van der Waals surface area contributed by atoms with Gasteiger partial charge in [-0.3, -0.25) is 15.4 Å². The molecule has 10 nitrogen and oxygen atoms in total. The van der Waals surface area contributed by atoms with Gasteiger partial charge in [0.1, 0.15) is 22.8 Å². The van der Waals surface area contributed by atoms with Gasteiger partial charge in [-0.25, -0.2) is 9.79 Å². The molecule has 2 amide bonds. The molecule has 0 saturated carbocycles. The number of carbonyl (C=O) groups excluding carboxylic acids is 2. The van der Waals surface area contributed by atoms with Gasteiger partial charge >= 0.3 is 6.09 Å². The Hall–Kier alpha value is -4.31. The molecular weight excluding hydrogens is 498 g/mol. The maximum atomic E-state index is 13.0. The highest BCUT2D eigenvalue weighted by Crippen LogP contribution is 2.29. The van der Waals surface area contributed by atoms with Crippen molar-refractivity contribution in [1.29, 1.82) is 0 Å². The van der Waals surface area contributed by atoms with Gasteiger partial charge in [-0.2, -0.15) is 0 Å². The molecule has 0 spiro atoms. The van der Waals surface area contributed by atoms with Crippen LogP contribution in [0.25, 0.3) is 11.3 Å². The number of aryl methyl sites for hydroxylation is 2. The van der Waals surface area contributed by atoms with Crippen LogP contribution in [0.3, 0.4) is 0 Å². The lowest BCUT2D eigenvalue weighted by molar-refractivity contribution is 0.0975. The lowest BCUT2D eigenvalue weighted by Crippen LogP contribution is -2.37. The van der Waals surface area contributed by atoms with Crippen LogP contribution in [0.5, 0.6) is 5.75 Å². The van der Waals surface area contributed by atoms with Gasteiger partial charge in [-0.1, -0.05) is 36.3 Å². The molecule has 3 rings (SSSR count). The number of ether oxygens (including phenoxy) is 2. The van der Waals surface area contributed by atoms with Gasteiger partial charge in [-0.15, -0.1) is 0 Å². The number of rotatable bonds is 9. The van der Waals surface area contributed by atoms with Crippen molar-refractivity contribution >= 4 is 35.2 Å². The number of halogens is 1. The van der Waals surface area contributed by atoms with Crippen molar-refractivity contribution in [2.75, 3.05) is 11.9 Å². The van der Waals surface area contributed by atoms with Crippen molar-refractivity contribution in [3.8, 4) is 17.0 Å². The summed E-state index contributed by atoms with van der Waals surface area (Å²) in [4.78, 5) is 29.1. The van der Waals surface area contributed by atoms with E-state index >= 15 is 0 Å². The third-order valence-corrected chi connectivity index (χ3v) is 5.42. The normalized spacial score (nSPS) is 11.1. The van der Waals surface area contributed by atoms with Crippen molar-refractivity contribution < 1.29 is 23.6 Å². The zero-order chi connectivity index (χ0) is 26.9. The number of nitrogens with two attached hydrogens (primary N) is 1. The van der Waals surface area contributed by atoms with Crippen molar-refractivity contribution in [3.63, 3.8) is 0 Å². The van der Waals surface area contributed by atoms with E-state index in [1.807, 2.05) is 13.0 Å². The second-order valence-corrected chi connectivity index (χ2v) is 8.36. The van der Waals surface area contributed by atoms with Gasteiger partial charge < -0.3 is 19.7 Å². The van der Waals surface area contributed by atoms with Crippen molar-refractivity contribution in [2.45, 2.75) is 33.7 Å². The summed E-state index contributed by atoms with van der Waals surface area (Å²) in [5, 5.41) is 9.56. The molecule has 4 N–H and O–H groups in total. The molecule has 0 saturated heterocycles. The SMILES string of the molecule is C=COc1ccc(-c2noc(C)c2C(=O)NC(N)=NCc2cc(C)c(NC(=O)OCCC)c(Cl)c2)cc1. The monoisotopic (exact) mass is 525 g/mol. The number of nitrogens with zero attached hydrogens (tertiary/aromatic N) is 2. The van der Waals surface area contributed by atoms with E-state index in [0.29, 0.717) is 46.5 Å². The zero-order valence-electron chi connectivity index (χ0n) is 20.8. The third kappa shape index (κ3) is 7.11. The van der Waals surface area contributed by atoms with Crippen LogP contribution in [-0.4, -0.2) is 29.7 Å². The Morgan fingerprint density at radius 3 is 2.62 bits per heavy atom. The Morgan fingerprint density at radius 1 is 1.24 bits per heavy atom. The lowest BCUT2D eigenvalue weighted by atomic mass is 10.1. The Labute approximate surface area is 219 Å². The molecule has 0 atom stereocenters. The first-order valence-corrected chi connectivity index (χ1v) is 11.8. The maximum absolute atomic E-state index is 13.0. The van der Waals surface area contributed by atoms with E-state index in [2.05, 4.69) is 27.4 Å². The van der Waals surface area contributed by atoms with Gasteiger partial charge in [0.15, 0.2) is 5.96 Å². The van der Waals surface area contributed by atoms with Crippen molar-refractivity contribution in [2.24, 2.45) is 10.7 Å². The number of nitrogens with one attached hydrogen (secondary N) is 2. The molecule has 37 heavy (non-hydrogen) atoms. The predicted octanol–water partition coefficient (Wildman–Crippen LogP) is 5.34. The fourth-order valence-corrected chi connectivity index (χ4v) is 3.75. The molecule has 0 bridgehead atoms. The van der Waals surface area contributed by atoms with E-state index in [4.69, 9.17) is 31.3 Å². The summed E-state index contributed by atoms with van der Waals surface area (Å²) in [6.45, 7) is 9.31. The first kappa shape index (κ1) is 27.3. The van der Waals surface area contributed by atoms with Crippen LogP contribution in [-0.2, 0) is 11.3 Å². The average molecular weight is 526 g/mol. The number of anilines is 1. The van der Waals surface area contributed by atoms with Gasteiger partial charge in [0.2, 0.25) is 0 Å². The molecule has 0 fully saturated rings. The van der Waals surface area contributed by atoms with E-state index in [9.17, 15) is 9.59 Å². The van der Waals surface area contributed by atoms with Crippen molar-refractivity contribution in [1.82, 2.24) is 10.5 Å². The molecular formula is C26H28ClN5O5. The van der Waals surface area contributed by atoms with E-state index < -0.39 is 12.0 Å². The third-order valence-electron chi connectivity index (χ3n) is 5.12. The van der Waals surface area contributed by atoms with Gasteiger partial charge in [0.05, 0.1) is 30.1 Å². The Balaban J connectivity index is 1.70. The topological polar surface area (TPSA) is 141 Å². The number of amides is 2. The number of hydrogen-bond acceptors (Lipinski definition) is 7. The second kappa shape index (κ2) is 12.6. The summed E-state index contributed by atoms with van der Waals surface area (Å²) >= 11 is 6.35.